The average molecular weight is 290 g/mol. The number of hydrogen-bond donors (Lipinski definition) is 1. The zero-order chi connectivity index (χ0) is 13.2. The molecule has 1 aromatic carbocycles. The van der Waals surface area contributed by atoms with Gasteiger partial charge in [0.05, 0.1) is 5.56 Å². The molecular weight excluding hydrogens is 279 g/mol. The van der Waals surface area contributed by atoms with E-state index in [1.807, 2.05) is 0 Å². The van der Waals surface area contributed by atoms with Gasteiger partial charge in [-0.15, -0.1) is 12.4 Å². The molecule has 0 aliphatic heterocycles. The molecule has 0 saturated heterocycles. The van der Waals surface area contributed by atoms with Crippen LogP contribution in [-0.2, 0) is 6.18 Å². The van der Waals surface area contributed by atoms with Crippen molar-refractivity contribution in [2.75, 3.05) is 0 Å². The Bertz CT molecular complexity index is 514. The summed E-state index contributed by atoms with van der Waals surface area (Å²) in [5, 5.41) is 9.98. The minimum Gasteiger partial charge on any atom is -0.384 e. The molecule has 2 aromatic rings. The highest BCUT2D eigenvalue weighted by molar-refractivity contribution is 5.85. The molecule has 0 spiro atoms. The number of aromatic nitrogens is 1. The van der Waals surface area contributed by atoms with E-state index in [0.717, 1.165) is 12.1 Å². The summed E-state index contributed by atoms with van der Waals surface area (Å²) in [5.74, 6) is 0. The van der Waals surface area contributed by atoms with Gasteiger partial charge in [0.15, 0.2) is 0 Å². The fourth-order valence-corrected chi connectivity index (χ4v) is 1.59. The van der Waals surface area contributed by atoms with Crippen molar-refractivity contribution >= 4 is 12.4 Å². The third-order valence-electron chi connectivity index (χ3n) is 2.58. The Kier molecular flexibility index (Phi) is 4.91. The minimum absolute atomic E-state index is 0. The number of halogens is 4. The maximum atomic E-state index is 12.4. The summed E-state index contributed by atoms with van der Waals surface area (Å²) in [7, 11) is 0. The molecule has 6 heteroatoms. The van der Waals surface area contributed by atoms with Gasteiger partial charge in [0.1, 0.15) is 6.10 Å². The molecule has 19 heavy (non-hydrogen) atoms. The van der Waals surface area contributed by atoms with Gasteiger partial charge in [-0.2, -0.15) is 13.2 Å². The Morgan fingerprint density at radius 1 is 0.895 bits per heavy atom. The second-order valence-corrected chi connectivity index (χ2v) is 3.80. The lowest BCUT2D eigenvalue weighted by molar-refractivity contribution is -0.137. The van der Waals surface area contributed by atoms with Crippen LogP contribution in [0.1, 0.15) is 22.8 Å². The average Bonchev–Trinajstić information content (AvgIpc) is 2.38. The Morgan fingerprint density at radius 2 is 1.37 bits per heavy atom. The summed E-state index contributed by atoms with van der Waals surface area (Å²) in [5.41, 5.74) is 0.270. The molecule has 0 bridgehead atoms. The van der Waals surface area contributed by atoms with Gasteiger partial charge < -0.3 is 5.11 Å². The Balaban J connectivity index is 0.00000180. The van der Waals surface area contributed by atoms with Crippen molar-refractivity contribution in [2.24, 2.45) is 0 Å². The van der Waals surface area contributed by atoms with E-state index >= 15 is 0 Å². The van der Waals surface area contributed by atoms with E-state index in [4.69, 9.17) is 0 Å². The fourth-order valence-electron chi connectivity index (χ4n) is 1.59. The van der Waals surface area contributed by atoms with Gasteiger partial charge in [0.2, 0.25) is 0 Å². The number of hydrogen-bond acceptors (Lipinski definition) is 2. The van der Waals surface area contributed by atoms with Crippen LogP contribution in [0.2, 0.25) is 0 Å². The van der Waals surface area contributed by atoms with Gasteiger partial charge in [-0.25, -0.2) is 0 Å². The van der Waals surface area contributed by atoms with Crippen LogP contribution >= 0.6 is 12.4 Å². The predicted molar refractivity (Wildman–Crippen MR) is 67.0 cm³/mol. The monoisotopic (exact) mass is 289 g/mol. The fraction of sp³-hybridized carbons (Fsp3) is 0.154. The second kappa shape index (κ2) is 6.04. The first-order valence-corrected chi connectivity index (χ1v) is 5.23. The van der Waals surface area contributed by atoms with Crippen LogP contribution in [-0.4, -0.2) is 10.1 Å². The summed E-state index contributed by atoms with van der Waals surface area (Å²) < 4.78 is 37.1. The number of rotatable bonds is 2. The van der Waals surface area contributed by atoms with Crippen LogP contribution in [0.5, 0.6) is 0 Å². The lowest BCUT2D eigenvalue weighted by atomic mass is 10.0. The lowest BCUT2D eigenvalue weighted by Gasteiger charge is -2.12. The summed E-state index contributed by atoms with van der Waals surface area (Å²) >= 11 is 0. The van der Waals surface area contributed by atoms with E-state index < -0.39 is 17.8 Å². The molecule has 1 N–H and O–H groups in total. The van der Waals surface area contributed by atoms with Crippen molar-refractivity contribution in [3.8, 4) is 0 Å². The number of pyridine rings is 1. The smallest absolute Gasteiger partial charge is 0.384 e. The van der Waals surface area contributed by atoms with E-state index in [1.54, 1.807) is 12.1 Å². The molecule has 0 aliphatic carbocycles. The second-order valence-electron chi connectivity index (χ2n) is 3.80. The third kappa shape index (κ3) is 3.68. The van der Waals surface area contributed by atoms with Crippen molar-refractivity contribution in [1.29, 1.82) is 0 Å². The number of benzene rings is 1. The molecule has 1 unspecified atom stereocenters. The molecule has 102 valence electrons. The Hall–Kier alpha value is -1.59. The molecule has 1 aromatic heterocycles. The molecule has 1 heterocycles. The van der Waals surface area contributed by atoms with Crippen LogP contribution < -0.4 is 0 Å². The zero-order valence-corrected chi connectivity index (χ0v) is 10.4. The summed E-state index contributed by atoms with van der Waals surface area (Å²) in [6, 6.07) is 7.69. The van der Waals surface area contributed by atoms with Crippen molar-refractivity contribution < 1.29 is 18.3 Å². The molecule has 0 fully saturated rings. The first-order chi connectivity index (χ1) is 8.48. The highest BCUT2D eigenvalue weighted by Gasteiger charge is 2.30. The SMILES string of the molecule is Cl.OC(c1ccncc1)c1ccc(C(F)(F)F)cc1. The Morgan fingerprint density at radius 3 is 1.84 bits per heavy atom. The summed E-state index contributed by atoms with van der Waals surface area (Å²) in [6.07, 6.45) is -2.28. The highest BCUT2D eigenvalue weighted by atomic mass is 35.5. The van der Waals surface area contributed by atoms with Gasteiger partial charge >= 0.3 is 6.18 Å². The first kappa shape index (κ1) is 15.5. The molecular formula is C13H11ClF3NO. The normalized spacial score (nSPS) is 12.6. The van der Waals surface area contributed by atoms with Gasteiger partial charge in [0, 0.05) is 12.4 Å². The predicted octanol–water partition coefficient (Wildman–Crippen LogP) is 3.60. The van der Waals surface area contributed by atoms with Crippen LogP contribution in [0.25, 0.3) is 0 Å². The minimum atomic E-state index is -4.36. The number of nitrogens with zero attached hydrogens (tertiary/aromatic N) is 1. The summed E-state index contributed by atoms with van der Waals surface area (Å²) in [6.45, 7) is 0. The maximum Gasteiger partial charge on any atom is 0.416 e. The summed E-state index contributed by atoms with van der Waals surface area (Å²) in [4.78, 5) is 3.81. The number of alkyl halides is 3. The molecule has 0 amide bonds. The van der Waals surface area contributed by atoms with Crippen molar-refractivity contribution in [2.45, 2.75) is 12.3 Å². The van der Waals surface area contributed by atoms with Crippen molar-refractivity contribution in [3.05, 3.63) is 65.5 Å². The Labute approximate surface area is 114 Å². The maximum absolute atomic E-state index is 12.4. The molecule has 0 saturated carbocycles. The largest absolute Gasteiger partial charge is 0.416 e. The van der Waals surface area contributed by atoms with E-state index in [9.17, 15) is 18.3 Å². The highest BCUT2D eigenvalue weighted by Crippen LogP contribution is 2.30. The van der Waals surface area contributed by atoms with E-state index in [1.165, 1.54) is 24.5 Å². The van der Waals surface area contributed by atoms with Crippen LogP contribution in [0.4, 0.5) is 13.2 Å². The molecule has 2 rings (SSSR count). The lowest BCUT2D eigenvalue weighted by Crippen LogP contribution is -2.06. The van der Waals surface area contributed by atoms with E-state index in [-0.39, 0.29) is 12.4 Å². The van der Waals surface area contributed by atoms with E-state index in [0.29, 0.717) is 11.1 Å². The van der Waals surface area contributed by atoms with E-state index in [2.05, 4.69) is 4.98 Å². The van der Waals surface area contributed by atoms with Crippen molar-refractivity contribution in [1.82, 2.24) is 4.98 Å². The van der Waals surface area contributed by atoms with Gasteiger partial charge in [0.25, 0.3) is 0 Å². The quantitative estimate of drug-likeness (QED) is 0.916. The topological polar surface area (TPSA) is 33.1 Å². The number of aliphatic hydroxyl groups is 1. The van der Waals surface area contributed by atoms with Crippen LogP contribution in [0.3, 0.4) is 0 Å². The zero-order valence-electron chi connectivity index (χ0n) is 9.63. The van der Waals surface area contributed by atoms with Crippen molar-refractivity contribution in [3.63, 3.8) is 0 Å². The standard InChI is InChI=1S/C13H10F3NO.ClH/c14-13(15,16)11-3-1-9(2-4-11)12(18)10-5-7-17-8-6-10;/h1-8,12,18H;1H. The van der Waals surface area contributed by atoms with Gasteiger partial charge in [-0.1, -0.05) is 12.1 Å². The number of aliphatic hydroxyl groups excluding tert-OH is 1. The molecule has 0 radical (unpaired) electrons. The van der Waals surface area contributed by atoms with Crippen LogP contribution in [0, 0.1) is 0 Å². The third-order valence-corrected chi connectivity index (χ3v) is 2.58. The van der Waals surface area contributed by atoms with Gasteiger partial charge in [-0.05, 0) is 35.4 Å². The molecule has 1 atom stereocenters. The van der Waals surface area contributed by atoms with Gasteiger partial charge in [-0.3, -0.25) is 4.98 Å². The first-order valence-electron chi connectivity index (χ1n) is 5.23. The van der Waals surface area contributed by atoms with Crippen LogP contribution in [0.15, 0.2) is 48.8 Å². The molecule has 0 aliphatic rings. The molecule has 2 nitrogen and oxygen atoms in total.